The number of amides is 1. The summed E-state index contributed by atoms with van der Waals surface area (Å²) in [6, 6.07) is 15.2. The zero-order valence-corrected chi connectivity index (χ0v) is 14.1. The molecule has 0 saturated heterocycles. The minimum atomic E-state index is -0.400. The van der Waals surface area contributed by atoms with Crippen molar-refractivity contribution in [2.45, 2.75) is 13.8 Å². The Labute approximate surface area is 145 Å². The van der Waals surface area contributed by atoms with Crippen molar-refractivity contribution in [1.82, 2.24) is 0 Å². The van der Waals surface area contributed by atoms with Crippen molar-refractivity contribution in [3.63, 3.8) is 0 Å². The summed E-state index contributed by atoms with van der Waals surface area (Å²) in [4.78, 5) is 23.7. The smallest absolute Gasteiger partial charge is 0.336 e. The van der Waals surface area contributed by atoms with Crippen LogP contribution in [0.15, 0.2) is 63.8 Å². The SMILES string of the molecule is CC(C)COc1cccc(C(=O)Nc2ccc3oc(=O)ccc3c2)c1. The number of benzene rings is 2. The van der Waals surface area contributed by atoms with Crippen LogP contribution in [0, 0.1) is 5.92 Å². The first-order chi connectivity index (χ1) is 12.0. The molecule has 0 aliphatic rings. The highest BCUT2D eigenvalue weighted by Gasteiger charge is 2.09. The summed E-state index contributed by atoms with van der Waals surface area (Å²) in [7, 11) is 0. The number of nitrogens with one attached hydrogen (secondary N) is 1. The van der Waals surface area contributed by atoms with Crippen molar-refractivity contribution in [1.29, 1.82) is 0 Å². The van der Waals surface area contributed by atoms with Gasteiger partial charge in [0, 0.05) is 22.7 Å². The van der Waals surface area contributed by atoms with Crippen molar-refractivity contribution in [2.75, 3.05) is 11.9 Å². The van der Waals surface area contributed by atoms with E-state index in [1.54, 1.807) is 42.5 Å². The van der Waals surface area contributed by atoms with Gasteiger partial charge < -0.3 is 14.5 Å². The third-order valence-corrected chi connectivity index (χ3v) is 3.56. The molecule has 1 N–H and O–H groups in total. The largest absolute Gasteiger partial charge is 0.493 e. The molecule has 0 spiro atoms. The Kier molecular flexibility index (Phi) is 4.84. The van der Waals surface area contributed by atoms with E-state index in [1.165, 1.54) is 6.07 Å². The fourth-order valence-corrected chi connectivity index (χ4v) is 2.34. The zero-order chi connectivity index (χ0) is 17.8. The predicted molar refractivity (Wildman–Crippen MR) is 97.2 cm³/mol. The van der Waals surface area contributed by atoms with Crippen LogP contribution in [0.25, 0.3) is 11.0 Å². The quantitative estimate of drug-likeness (QED) is 0.712. The summed E-state index contributed by atoms with van der Waals surface area (Å²) in [5, 5.41) is 3.58. The first-order valence-electron chi connectivity index (χ1n) is 8.09. The summed E-state index contributed by atoms with van der Waals surface area (Å²) in [6.45, 7) is 4.73. The topological polar surface area (TPSA) is 68.5 Å². The molecule has 3 aromatic rings. The second-order valence-corrected chi connectivity index (χ2v) is 6.19. The van der Waals surface area contributed by atoms with Crippen LogP contribution < -0.4 is 15.7 Å². The molecule has 0 aliphatic carbocycles. The molecule has 5 nitrogen and oxygen atoms in total. The van der Waals surface area contributed by atoms with E-state index in [1.807, 2.05) is 6.07 Å². The highest BCUT2D eigenvalue weighted by atomic mass is 16.5. The van der Waals surface area contributed by atoms with Crippen LogP contribution in [0.5, 0.6) is 5.75 Å². The van der Waals surface area contributed by atoms with Crippen LogP contribution in [0.1, 0.15) is 24.2 Å². The van der Waals surface area contributed by atoms with Gasteiger partial charge in [0.2, 0.25) is 0 Å². The molecule has 0 unspecified atom stereocenters. The highest BCUT2D eigenvalue weighted by Crippen LogP contribution is 2.20. The summed E-state index contributed by atoms with van der Waals surface area (Å²) in [5.74, 6) is 0.850. The first kappa shape index (κ1) is 16.8. The zero-order valence-electron chi connectivity index (χ0n) is 14.1. The third-order valence-electron chi connectivity index (χ3n) is 3.56. The second kappa shape index (κ2) is 7.21. The first-order valence-corrected chi connectivity index (χ1v) is 8.09. The lowest BCUT2D eigenvalue weighted by atomic mass is 10.1. The third kappa shape index (κ3) is 4.26. The highest BCUT2D eigenvalue weighted by molar-refractivity contribution is 6.05. The van der Waals surface area contributed by atoms with Gasteiger partial charge in [-0.1, -0.05) is 19.9 Å². The lowest BCUT2D eigenvalue weighted by molar-refractivity contribution is 0.102. The molecule has 0 radical (unpaired) electrons. The Morgan fingerprint density at radius 2 is 1.96 bits per heavy atom. The maximum atomic E-state index is 12.5. The minimum absolute atomic E-state index is 0.230. The predicted octanol–water partition coefficient (Wildman–Crippen LogP) is 4.08. The van der Waals surface area contributed by atoms with Gasteiger partial charge in [-0.3, -0.25) is 4.79 Å². The van der Waals surface area contributed by atoms with E-state index in [9.17, 15) is 9.59 Å². The maximum absolute atomic E-state index is 12.5. The van der Waals surface area contributed by atoms with Crippen LogP contribution in [0.3, 0.4) is 0 Å². The van der Waals surface area contributed by atoms with Crippen LogP contribution in [0.2, 0.25) is 0 Å². The van der Waals surface area contributed by atoms with E-state index in [0.717, 1.165) is 5.39 Å². The lowest BCUT2D eigenvalue weighted by Crippen LogP contribution is -2.12. The molecule has 25 heavy (non-hydrogen) atoms. The van der Waals surface area contributed by atoms with Gasteiger partial charge >= 0.3 is 5.63 Å². The van der Waals surface area contributed by atoms with Gasteiger partial charge in [0.1, 0.15) is 11.3 Å². The number of fused-ring (bicyclic) bond motifs is 1. The fourth-order valence-electron chi connectivity index (χ4n) is 2.34. The molecule has 0 saturated carbocycles. The van der Waals surface area contributed by atoms with Crippen molar-refractivity contribution < 1.29 is 13.9 Å². The average molecular weight is 337 g/mol. The number of hydrogen-bond donors (Lipinski definition) is 1. The molecule has 128 valence electrons. The summed E-state index contributed by atoms with van der Waals surface area (Å²) in [6.07, 6.45) is 0. The van der Waals surface area contributed by atoms with Gasteiger partial charge in [-0.15, -0.1) is 0 Å². The molecule has 5 heteroatoms. The Morgan fingerprint density at radius 1 is 1.12 bits per heavy atom. The number of hydrogen-bond acceptors (Lipinski definition) is 4. The van der Waals surface area contributed by atoms with Gasteiger partial charge in [-0.2, -0.15) is 0 Å². The van der Waals surface area contributed by atoms with Crippen LogP contribution >= 0.6 is 0 Å². The molecular formula is C20H19NO4. The molecule has 0 fully saturated rings. The van der Waals surface area contributed by atoms with Crippen LogP contribution in [-0.4, -0.2) is 12.5 Å². The van der Waals surface area contributed by atoms with Crippen molar-refractivity contribution in [3.05, 3.63) is 70.6 Å². The Bertz CT molecular complexity index is 959. The normalized spacial score (nSPS) is 10.8. The number of carbonyl (C=O) groups excluding carboxylic acids is 1. The molecule has 0 bridgehead atoms. The van der Waals surface area contributed by atoms with E-state index < -0.39 is 5.63 Å². The van der Waals surface area contributed by atoms with Crippen molar-refractivity contribution >= 4 is 22.6 Å². The van der Waals surface area contributed by atoms with E-state index in [4.69, 9.17) is 9.15 Å². The van der Waals surface area contributed by atoms with Crippen molar-refractivity contribution in [2.24, 2.45) is 5.92 Å². The van der Waals surface area contributed by atoms with E-state index >= 15 is 0 Å². The molecule has 3 rings (SSSR count). The van der Waals surface area contributed by atoms with E-state index in [0.29, 0.717) is 35.1 Å². The Hall–Kier alpha value is -3.08. The van der Waals surface area contributed by atoms with Crippen molar-refractivity contribution in [3.8, 4) is 5.75 Å². The van der Waals surface area contributed by atoms with E-state index in [-0.39, 0.29) is 5.91 Å². The number of rotatable bonds is 5. The number of anilines is 1. The van der Waals surface area contributed by atoms with Gasteiger partial charge in [0.25, 0.3) is 5.91 Å². The summed E-state index contributed by atoms with van der Waals surface area (Å²) in [5.41, 5.74) is 1.22. The molecule has 1 heterocycles. The monoisotopic (exact) mass is 337 g/mol. The standard InChI is InChI=1S/C20H19NO4/c1-13(2)12-24-17-5-3-4-15(11-17)20(23)21-16-7-8-18-14(10-16)6-9-19(22)25-18/h3-11,13H,12H2,1-2H3,(H,21,23). The molecule has 1 amide bonds. The second-order valence-electron chi connectivity index (χ2n) is 6.19. The van der Waals surface area contributed by atoms with Gasteiger partial charge in [0.15, 0.2) is 0 Å². The summed E-state index contributed by atoms with van der Waals surface area (Å²) >= 11 is 0. The molecule has 0 aliphatic heterocycles. The van der Waals surface area contributed by atoms with Gasteiger partial charge in [-0.05, 0) is 48.4 Å². The molecule has 0 atom stereocenters. The fraction of sp³-hybridized carbons (Fsp3) is 0.200. The maximum Gasteiger partial charge on any atom is 0.336 e. The number of ether oxygens (including phenoxy) is 1. The summed E-state index contributed by atoms with van der Waals surface area (Å²) < 4.78 is 10.7. The minimum Gasteiger partial charge on any atom is -0.493 e. The van der Waals surface area contributed by atoms with Crippen LogP contribution in [0.4, 0.5) is 5.69 Å². The van der Waals surface area contributed by atoms with Gasteiger partial charge in [-0.25, -0.2) is 4.79 Å². The molecular weight excluding hydrogens is 318 g/mol. The molecule has 2 aromatic carbocycles. The average Bonchev–Trinajstić information content (AvgIpc) is 2.60. The Balaban J connectivity index is 1.76. The number of carbonyl (C=O) groups is 1. The van der Waals surface area contributed by atoms with E-state index in [2.05, 4.69) is 19.2 Å². The van der Waals surface area contributed by atoms with Gasteiger partial charge in [0.05, 0.1) is 6.61 Å². The molecule has 1 aromatic heterocycles. The van der Waals surface area contributed by atoms with Crippen LogP contribution in [-0.2, 0) is 0 Å². The lowest BCUT2D eigenvalue weighted by Gasteiger charge is -2.10. The Morgan fingerprint density at radius 3 is 2.76 bits per heavy atom.